The lowest BCUT2D eigenvalue weighted by atomic mass is 10.1. The van der Waals surface area contributed by atoms with Gasteiger partial charge in [-0.05, 0) is 30.5 Å². The number of nitrogens with zero attached hydrogens (tertiary/aromatic N) is 1. The van der Waals surface area contributed by atoms with E-state index in [1.54, 1.807) is 13.1 Å². The molecule has 0 aliphatic heterocycles. The predicted octanol–water partition coefficient (Wildman–Crippen LogP) is 2.96. The summed E-state index contributed by atoms with van der Waals surface area (Å²) in [5, 5.41) is -1.06. The molecule has 0 heterocycles. The van der Waals surface area contributed by atoms with Gasteiger partial charge in [-0.2, -0.15) is 0 Å². The molecule has 0 saturated heterocycles. The molecule has 0 fully saturated rings. The fourth-order valence-electron chi connectivity index (χ4n) is 2.51. The van der Waals surface area contributed by atoms with E-state index in [0.717, 1.165) is 16.7 Å². The first-order chi connectivity index (χ1) is 11.3. The van der Waals surface area contributed by atoms with Crippen LogP contribution in [-0.2, 0) is 26.9 Å². The van der Waals surface area contributed by atoms with Gasteiger partial charge < -0.3 is 4.90 Å². The summed E-state index contributed by atoms with van der Waals surface area (Å²) in [6.45, 7) is 3.74. The Morgan fingerprint density at radius 1 is 1.04 bits per heavy atom. The number of sulfone groups is 1. The molecule has 1 amide bonds. The number of amides is 1. The van der Waals surface area contributed by atoms with Crippen LogP contribution in [-0.4, -0.2) is 31.5 Å². The van der Waals surface area contributed by atoms with Crippen LogP contribution in [0.4, 0.5) is 0 Å². The zero-order valence-corrected chi connectivity index (χ0v) is 15.1. The van der Waals surface area contributed by atoms with Gasteiger partial charge in [0.05, 0.1) is 5.75 Å². The van der Waals surface area contributed by atoms with Gasteiger partial charge in [-0.25, -0.2) is 8.42 Å². The van der Waals surface area contributed by atoms with E-state index in [1.165, 1.54) is 11.8 Å². The molecular weight excluding hydrogens is 322 g/mol. The first kappa shape index (κ1) is 18.2. The number of aryl methyl sites for hydroxylation is 1. The van der Waals surface area contributed by atoms with Crippen molar-refractivity contribution in [2.45, 2.75) is 31.4 Å². The minimum Gasteiger partial charge on any atom is -0.340 e. The molecule has 0 N–H and O–H groups in total. The molecule has 24 heavy (non-hydrogen) atoms. The SMILES string of the molecule is Cc1ccccc1CS(=O)(=O)[C@@H](C)C(=O)N(C)Cc1ccccc1. The molecule has 1 atom stereocenters. The van der Waals surface area contributed by atoms with Gasteiger partial charge in [-0.1, -0.05) is 54.6 Å². The molecule has 2 aromatic rings. The van der Waals surface area contributed by atoms with Gasteiger partial charge in [0.25, 0.3) is 0 Å². The van der Waals surface area contributed by atoms with Crippen LogP contribution in [0.1, 0.15) is 23.6 Å². The average molecular weight is 345 g/mol. The molecule has 0 saturated carbocycles. The Bertz CT molecular complexity index is 800. The minimum atomic E-state index is -3.56. The van der Waals surface area contributed by atoms with Gasteiger partial charge in [0.15, 0.2) is 9.84 Å². The highest BCUT2D eigenvalue weighted by Crippen LogP contribution is 2.17. The molecule has 0 aliphatic carbocycles. The smallest absolute Gasteiger partial charge is 0.240 e. The van der Waals surface area contributed by atoms with E-state index in [2.05, 4.69) is 0 Å². The van der Waals surface area contributed by atoms with Crippen LogP contribution in [0.5, 0.6) is 0 Å². The summed E-state index contributed by atoms with van der Waals surface area (Å²) < 4.78 is 25.2. The van der Waals surface area contributed by atoms with Gasteiger partial charge in [0.1, 0.15) is 5.25 Å². The van der Waals surface area contributed by atoms with Crippen molar-refractivity contribution in [2.24, 2.45) is 0 Å². The largest absolute Gasteiger partial charge is 0.340 e. The fourth-order valence-corrected chi connectivity index (χ4v) is 4.01. The van der Waals surface area contributed by atoms with Crippen molar-refractivity contribution >= 4 is 15.7 Å². The van der Waals surface area contributed by atoms with Gasteiger partial charge in [-0.3, -0.25) is 4.79 Å². The number of rotatable bonds is 6. The third-order valence-electron chi connectivity index (χ3n) is 4.14. The molecule has 0 bridgehead atoms. The van der Waals surface area contributed by atoms with Crippen LogP contribution in [0, 0.1) is 6.92 Å². The second-order valence-electron chi connectivity index (χ2n) is 6.06. The van der Waals surface area contributed by atoms with Crippen molar-refractivity contribution in [3.05, 3.63) is 71.3 Å². The average Bonchev–Trinajstić information content (AvgIpc) is 2.56. The molecule has 2 aromatic carbocycles. The monoisotopic (exact) mass is 345 g/mol. The molecule has 5 heteroatoms. The lowest BCUT2D eigenvalue weighted by Gasteiger charge is -2.22. The van der Waals surface area contributed by atoms with E-state index >= 15 is 0 Å². The van der Waals surface area contributed by atoms with Gasteiger partial charge >= 0.3 is 0 Å². The molecule has 0 unspecified atom stereocenters. The van der Waals surface area contributed by atoms with Crippen molar-refractivity contribution in [2.75, 3.05) is 7.05 Å². The van der Waals surface area contributed by atoms with Crippen LogP contribution in [0.2, 0.25) is 0 Å². The number of hydrogen-bond acceptors (Lipinski definition) is 3. The third-order valence-corrected chi connectivity index (χ3v) is 6.14. The first-order valence-corrected chi connectivity index (χ1v) is 9.58. The van der Waals surface area contributed by atoms with Crippen LogP contribution in [0.15, 0.2) is 54.6 Å². The lowest BCUT2D eigenvalue weighted by Crippen LogP contribution is -2.39. The Kier molecular flexibility index (Phi) is 5.78. The van der Waals surface area contributed by atoms with Crippen molar-refractivity contribution < 1.29 is 13.2 Å². The van der Waals surface area contributed by atoms with E-state index in [9.17, 15) is 13.2 Å². The summed E-state index contributed by atoms with van der Waals surface area (Å²) in [6, 6.07) is 16.9. The number of carbonyl (C=O) groups is 1. The zero-order chi connectivity index (χ0) is 17.7. The third kappa shape index (κ3) is 4.45. The Morgan fingerprint density at radius 3 is 2.25 bits per heavy atom. The summed E-state index contributed by atoms with van der Waals surface area (Å²) in [5.41, 5.74) is 2.62. The number of hydrogen-bond donors (Lipinski definition) is 0. The Morgan fingerprint density at radius 2 is 1.62 bits per heavy atom. The van der Waals surface area contributed by atoms with Crippen molar-refractivity contribution in [1.82, 2.24) is 4.90 Å². The van der Waals surface area contributed by atoms with Crippen LogP contribution >= 0.6 is 0 Å². The summed E-state index contributed by atoms with van der Waals surface area (Å²) in [6.07, 6.45) is 0. The van der Waals surface area contributed by atoms with Crippen molar-refractivity contribution in [1.29, 1.82) is 0 Å². The normalized spacial score (nSPS) is 12.6. The Hall–Kier alpha value is -2.14. The molecule has 2 rings (SSSR count). The maximum Gasteiger partial charge on any atom is 0.240 e. The molecule has 4 nitrogen and oxygen atoms in total. The number of carbonyl (C=O) groups excluding carboxylic acids is 1. The number of benzene rings is 2. The second kappa shape index (κ2) is 7.62. The minimum absolute atomic E-state index is 0.119. The van der Waals surface area contributed by atoms with E-state index in [-0.39, 0.29) is 11.7 Å². The molecule has 0 aliphatic rings. The van der Waals surface area contributed by atoms with Crippen LogP contribution < -0.4 is 0 Å². The highest BCUT2D eigenvalue weighted by atomic mass is 32.2. The second-order valence-corrected chi connectivity index (χ2v) is 8.38. The first-order valence-electron chi connectivity index (χ1n) is 7.86. The topological polar surface area (TPSA) is 54.5 Å². The maximum absolute atomic E-state index is 12.6. The highest BCUT2D eigenvalue weighted by Gasteiger charge is 2.30. The van der Waals surface area contributed by atoms with E-state index in [0.29, 0.717) is 6.54 Å². The molecule has 0 aromatic heterocycles. The molecule has 0 spiro atoms. The quantitative estimate of drug-likeness (QED) is 0.809. The molecule has 0 radical (unpaired) electrons. The Balaban J connectivity index is 2.09. The van der Waals surface area contributed by atoms with E-state index in [4.69, 9.17) is 0 Å². The van der Waals surface area contributed by atoms with Gasteiger partial charge in [0, 0.05) is 13.6 Å². The molecular formula is C19H23NO3S. The van der Waals surface area contributed by atoms with Gasteiger partial charge in [-0.15, -0.1) is 0 Å². The zero-order valence-electron chi connectivity index (χ0n) is 14.3. The van der Waals surface area contributed by atoms with Crippen LogP contribution in [0.25, 0.3) is 0 Å². The van der Waals surface area contributed by atoms with Crippen LogP contribution in [0.3, 0.4) is 0 Å². The predicted molar refractivity (Wildman–Crippen MR) is 96.2 cm³/mol. The van der Waals surface area contributed by atoms with E-state index in [1.807, 2.05) is 55.5 Å². The summed E-state index contributed by atoms with van der Waals surface area (Å²) >= 11 is 0. The van der Waals surface area contributed by atoms with Crippen molar-refractivity contribution in [3.8, 4) is 0 Å². The standard InChI is InChI=1S/C19H23NO3S/c1-15-9-7-8-12-18(15)14-24(22,23)16(2)19(21)20(3)13-17-10-5-4-6-11-17/h4-12,16H,13-14H2,1-3H3/t16-/m0/s1. The molecule has 128 valence electrons. The summed E-state index contributed by atoms with van der Waals surface area (Å²) in [7, 11) is -1.93. The van der Waals surface area contributed by atoms with E-state index < -0.39 is 15.1 Å². The lowest BCUT2D eigenvalue weighted by molar-refractivity contribution is -0.129. The summed E-state index contributed by atoms with van der Waals surface area (Å²) in [5.74, 6) is -0.501. The maximum atomic E-state index is 12.6. The summed E-state index contributed by atoms with van der Waals surface area (Å²) in [4.78, 5) is 14.0. The Labute approximate surface area is 144 Å². The van der Waals surface area contributed by atoms with Crippen molar-refractivity contribution in [3.63, 3.8) is 0 Å². The fraction of sp³-hybridized carbons (Fsp3) is 0.316. The van der Waals surface area contributed by atoms with Gasteiger partial charge in [0.2, 0.25) is 5.91 Å². The highest BCUT2D eigenvalue weighted by molar-refractivity contribution is 7.92.